The van der Waals surface area contributed by atoms with Crippen molar-refractivity contribution >= 4 is 0 Å². The fourth-order valence-electron chi connectivity index (χ4n) is 1.35. The van der Waals surface area contributed by atoms with Gasteiger partial charge in [-0.3, -0.25) is 0 Å². The highest BCUT2D eigenvalue weighted by atomic mass is 16.5. The lowest BCUT2D eigenvalue weighted by molar-refractivity contribution is -0.0941. The molecule has 1 unspecified atom stereocenters. The van der Waals surface area contributed by atoms with E-state index in [0.717, 1.165) is 13.0 Å². The van der Waals surface area contributed by atoms with Crippen LogP contribution in [0.15, 0.2) is 0 Å². The van der Waals surface area contributed by atoms with Crippen LogP contribution in [0.1, 0.15) is 34.1 Å². The van der Waals surface area contributed by atoms with Crippen molar-refractivity contribution in [1.82, 2.24) is 0 Å². The molecule has 11 heavy (non-hydrogen) atoms. The molecule has 0 saturated carbocycles. The number of hydrogen-bond acceptors (Lipinski definition) is 2. The van der Waals surface area contributed by atoms with Crippen LogP contribution in [-0.2, 0) is 4.74 Å². The number of hydrogen-bond donors (Lipinski definition) is 1. The Morgan fingerprint density at radius 3 is 2.27 bits per heavy atom. The Morgan fingerprint density at radius 1 is 1.45 bits per heavy atom. The molecule has 1 N–H and O–H groups in total. The molecule has 2 nitrogen and oxygen atoms in total. The first-order valence-corrected chi connectivity index (χ1v) is 4.40. The maximum atomic E-state index is 9.42. The van der Waals surface area contributed by atoms with Crippen molar-refractivity contribution in [3.63, 3.8) is 0 Å². The van der Waals surface area contributed by atoms with E-state index in [4.69, 9.17) is 4.74 Å². The average molecular weight is 160 g/mol. The van der Waals surface area contributed by atoms with Crippen LogP contribution < -0.4 is 0 Å². The Balaban J connectivity index is 0.000000461. The Morgan fingerprint density at radius 2 is 2.00 bits per heavy atom. The van der Waals surface area contributed by atoms with Gasteiger partial charge in [0.2, 0.25) is 0 Å². The summed E-state index contributed by atoms with van der Waals surface area (Å²) in [6.45, 7) is 9.21. The Bertz CT molecular complexity index is 99.7. The minimum atomic E-state index is -0.572. The Labute approximate surface area is 69.6 Å². The standard InChI is InChI=1S/C7H14O2.C2H6/c1-6-3-7(2,8)5-9-4-6;1-2/h6,8H,3-5H2,1-2H3;1-2H3/t6-,7?;/m0./s1. The van der Waals surface area contributed by atoms with E-state index in [9.17, 15) is 5.11 Å². The molecular weight excluding hydrogens is 140 g/mol. The summed E-state index contributed by atoms with van der Waals surface area (Å²) in [6, 6.07) is 0. The maximum absolute atomic E-state index is 9.42. The van der Waals surface area contributed by atoms with Crippen LogP contribution in [0, 0.1) is 5.92 Å². The average Bonchev–Trinajstić information content (AvgIpc) is 1.89. The van der Waals surface area contributed by atoms with Crippen LogP contribution in [0.5, 0.6) is 0 Å². The molecule has 0 aromatic rings. The van der Waals surface area contributed by atoms with E-state index in [-0.39, 0.29) is 0 Å². The second kappa shape index (κ2) is 4.73. The highest BCUT2D eigenvalue weighted by molar-refractivity contribution is 4.78. The van der Waals surface area contributed by atoms with E-state index in [1.807, 2.05) is 20.8 Å². The number of rotatable bonds is 0. The molecule has 0 amide bonds. The van der Waals surface area contributed by atoms with Gasteiger partial charge in [0.05, 0.1) is 12.2 Å². The van der Waals surface area contributed by atoms with Crippen molar-refractivity contribution in [3.8, 4) is 0 Å². The molecule has 1 aliphatic rings. The molecule has 0 bridgehead atoms. The molecule has 1 saturated heterocycles. The summed E-state index contributed by atoms with van der Waals surface area (Å²) in [4.78, 5) is 0. The van der Waals surface area contributed by atoms with E-state index < -0.39 is 5.60 Å². The quantitative estimate of drug-likeness (QED) is 0.585. The van der Waals surface area contributed by atoms with Crippen molar-refractivity contribution in [2.45, 2.75) is 39.7 Å². The summed E-state index contributed by atoms with van der Waals surface area (Å²) in [6.07, 6.45) is 0.868. The fourth-order valence-corrected chi connectivity index (χ4v) is 1.35. The van der Waals surface area contributed by atoms with Crippen molar-refractivity contribution in [2.24, 2.45) is 5.92 Å². The Hall–Kier alpha value is -0.0800. The van der Waals surface area contributed by atoms with Crippen LogP contribution in [0.2, 0.25) is 0 Å². The molecule has 1 heterocycles. The third kappa shape index (κ3) is 4.38. The molecule has 2 heteroatoms. The van der Waals surface area contributed by atoms with Crippen molar-refractivity contribution in [3.05, 3.63) is 0 Å². The van der Waals surface area contributed by atoms with Gasteiger partial charge in [0, 0.05) is 6.61 Å². The first-order chi connectivity index (χ1) is 5.10. The van der Waals surface area contributed by atoms with Gasteiger partial charge in [-0.1, -0.05) is 20.8 Å². The summed E-state index contributed by atoms with van der Waals surface area (Å²) < 4.78 is 5.15. The van der Waals surface area contributed by atoms with E-state index >= 15 is 0 Å². The predicted molar refractivity (Wildman–Crippen MR) is 46.6 cm³/mol. The maximum Gasteiger partial charge on any atom is 0.0855 e. The zero-order chi connectivity index (χ0) is 8.91. The molecule has 0 aliphatic carbocycles. The summed E-state index contributed by atoms with van der Waals surface area (Å²) in [5, 5.41) is 9.42. The smallest absolute Gasteiger partial charge is 0.0855 e. The zero-order valence-electron chi connectivity index (χ0n) is 8.05. The van der Waals surface area contributed by atoms with Gasteiger partial charge in [0.15, 0.2) is 0 Å². The summed E-state index contributed by atoms with van der Waals surface area (Å²) in [7, 11) is 0. The summed E-state index contributed by atoms with van der Waals surface area (Å²) >= 11 is 0. The normalized spacial score (nSPS) is 37.4. The van der Waals surface area contributed by atoms with E-state index in [1.54, 1.807) is 0 Å². The zero-order valence-corrected chi connectivity index (χ0v) is 8.05. The minimum absolute atomic E-state index is 0.497. The van der Waals surface area contributed by atoms with Gasteiger partial charge in [0.25, 0.3) is 0 Å². The molecule has 0 spiro atoms. The molecule has 0 aromatic heterocycles. The monoisotopic (exact) mass is 160 g/mol. The predicted octanol–water partition coefficient (Wildman–Crippen LogP) is 1.82. The summed E-state index contributed by atoms with van der Waals surface area (Å²) in [5.41, 5.74) is -0.572. The van der Waals surface area contributed by atoms with Crippen LogP contribution in [0.25, 0.3) is 0 Å². The molecule has 0 aromatic carbocycles. The van der Waals surface area contributed by atoms with Crippen LogP contribution in [-0.4, -0.2) is 23.9 Å². The first-order valence-electron chi connectivity index (χ1n) is 4.40. The Kier molecular flexibility index (Phi) is 4.69. The molecule has 1 rings (SSSR count). The molecule has 68 valence electrons. The fraction of sp³-hybridized carbons (Fsp3) is 1.00. The molecule has 1 fully saturated rings. The minimum Gasteiger partial charge on any atom is -0.388 e. The van der Waals surface area contributed by atoms with Crippen molar-refractivity contribution in [2.75, 3.05) is 13.2 Å². The van der Waals surface area contributed by atoms with Gasteiger partial charge in [-0.05, 0) is 19.3 Å². The van der Waals surface area contributed by atoms with Crippen LogP contribution >= 0.6 is 0 Å². The lowest BCUT2D eigenvalue weighted by atomic mass is 9.92. The molecule has 1 aliphatic heterocycles. The summed E-state index contributed by atoms with van der Waals surface area (Å²) in [5.74, 6) is 0.508. The van der Waals surface area contributed by atoms with E-state index in [1.165, 1.54) is 0 Å². The van der Waals surface area contributed by atoms with Gasteiger partial charge < -0.3 is 9.84 Å². The number of aliphatic hydroxyl groups is 1. The lowest BCUT2D eigenvalue weighted by Crippen LogP contribution is -2.38. The highest BCUT2D eigenvalue weighted by Crippen LogP contribution is 2.21. The number of ether oxygens (including phenoxy) is 1. The second-order valence-electron chi connectivity index (χ2n) is 3.32. The second-order valence-corrected chi connectivity index (χ2v) is 3.32. The SMILES string of the molecule is CC.C[C@@H]1COCC(C)(O)C1. The molecule has 2 atom stereocenters. The van der Waals surface area contributed by atoms with Crippen molar-refractivity contribution < 1.29 is 9.84 Å². The molecular formula is C9H20O2. The van der Waals surface area contributed by atoms with Crippen molar-refractivity contribution in [1.29, 1.82) is 0 Å². The van der Waals surface area contributed by atoms with Gasteiger partial charge in [-0.2, -0.15) is 0 Å². The highest BCUT2D eigenvalue weighted by Gasteiger charge is 2.27. The lowest BCUT2D eigenvalue weighted by Gasteiger charge is -2.31. The van der Waals surface area contributed by atoms with Gasteiger partial charge >= 0.3 is 0 Å². The largest absolute Gasteiger partial charge is 0.388 e. The van der Waals surface area contributed by atoms with E-state index in [2.05, 4.69) is 6.92 Å². The van der Waals surface area contributed by atoms with Crippen LogP contribution in [0.4, 0.5) is 0 Å². The third-order valence-electron chi connectivity index (χ3n) is 1.60. The van der Waals surface area contributed by atoms with Gasteiger partial charge in [-0.15, -0.1) is 0 Å². The van der Waals surface area contributed by atoms with E-state index in [0.29, 0.717) is 12.5 Å². The molecule has 0 radical (unpaired) electrons. The van der Waals surface area contributed by atoms with Gasteiger partial charge in [0.1, 0.15) is 0 Å². The third-order valence-corrected chi connectivity index (χ3v) is 1.60. The van der Waals surface area contributed by atoms with Crippen LogP contribution in [0.3, 0.4) is 0 Å². The topological polar surface area (TPSA) is 29.5 Å². The van der Waals surface area contributed by atoms with Gasteiger partial charge in [-0.25, -0.2) is 0 Å². The first kappa shape index (κ1) is 10.9.